The normalized spacial score (nSPS) is 38.8. The summed E-state index contributed by atoms with van der Waals surface area (Å²) < 4.78 is 5.06. The number of nitriles is 1. The lowest BCUT2D eigenvalue weighted by molar-refractivity contribution is -0.0738. The summed E-state index contributed by atoms with van der Waals surface area (Å²) in [5.74, 6) is 2.59. The van der Waals surface area contributed by atoms with Crippen molar-refractivity contribution in [3.05, 3.63) is 29.3 Å². The molecule has 0 aliphatic heterocycles. The van der Waals surface area contributed by atoms with E-state index in [9.17, 15) is 0 Å². The van der Waals surface area contributed by atoms with E-state index in [0.29, 0.717) is 16.6 Å². The molecule has 0 aromatic heterocycles. The average Bonchev–Trinajstić information content (AvgIpc) is 2.48. The second kappa shape index (κ2) is 4.75. The SMILES string of the molecule is CCC12CC3CC(C1)CC(c1ccc(OC#N)c(C)c1)(C3)C2. The molecule has 2 heteroatoms. The highest BCUT2D eigenvalue weighted by Gasteiger charge is 2.57. The van der Waals surface area contributed by atoms with E-state index in [2.05, 4.69) is 26.0 Å². The summed E-state index contributed by atoms with van der Waals surface area (Å²) in [5.41, 5.74) is 3.61. The molecule has 4 aliphatic rings. The fourth-order valence-corrected chi connectivity index (χ4v) is 6.35. The maximum absolute atomic E-state index is 8.74. The number of hydrogen-bond acceptors (Lipinski definition) is 2. The molecular formula is C20H25NO. The van der Waals surface area contributed by atoms with E-state index in [1.165, 1.54) is 50.5 Å². The Labute approximate surface area is 133 Å². The van der Waals surface area contributed by atoms with Gasteiger partial charge in [-0.15, -0.1) is 5.26 Å². The first kappa shape index (κ1) is 14.1. The summed E-state index contributed by atoms with van der Waals surface area (Å²) >= 11 is 0. The van der Waals surface area contributed by atoms with Gasteiger partial charge >= 0.3 is 0 Å². The Balaban J connectivity index is 1.73. The smallest absolute Gasteiger partial charge is 0.292 e. The van der Waals surface area contributed by atoms with Crippen LogP contribution in [0.5, 0.6) is 5.75 Å². The summed E-state index contributed by atoms with van der Waals surface area (Å²) in [7, 11) is 0. The molecule has 116 valence electrons. The molecule has 0 spiro atoms. The molecule has 0 amide bonds. The van der Waals surface area contributed by atoms with Crippen LogP contribution in [-0.2, 0) is 5.41 Å². The summed E-state index contributed by atoms with van der Waals surface area (Å²) in [6.07, 6.45) is 11.7. The highest BCUT2D eigenvalue weighted by Crippen LogP contribution is 2.66. The fraction of sp³-hybridized carbons (Fsp3) is 0.650. The van der Waals surface area contributed by atoms with Crippen LogP contribution in [0.15, 0.2) is 18.2 Å². The quantitative estimate of drug-likeness (QED) is 0.726. The number of nitrogens with zero attached hydrogens (tertiary/aromatic N) is 1. The van der Waals surface area contributed by atoms with Gasteiger partial charge in [0.25, 0.3) is 6.26 Å². The van der Waals surface area contributed by atoms with Crippen LogP contribution < -0.4 is 4.74 Å². The Kier molecular flexibility index (Phi) is 3.05. The van der Waals surface area contributed by atoms with Crippen molar-refractivity contribution in [1.82, 2.24) is 0 Å². The molecule has 1 aromatic rings. The molecule has 4 bridgehead atoms. The van der Waals surface area contributed by atoms with Crippen molar-refractivity contribution in [3.8, 4) is 12.0 Å². The van der Waals surface area contributed by atoms with E-state index in [1.54, 1.807) is 6.26 Å². The van der Waals surface area contributed by atoms with Gasteiger partial charge in [0.2, 0.25) is 0 Å². The van der Waals surface area contributed by atoms with Crippen LogP contribution >= 0.6 is 0 Å². The van der Waals surface area contributed by atoms with Crippen molar-refractivity contribution in [3.63, 3.8) is 0 Å². The van der Waals surface area contributed by atoms with Gasteiger partial charge in [-0.05, 0) is 85.3 Å². The minimum absolute atomic E-state index is 0.399. The first-order valence-electron chi connectivity index (χ1n) is 8.75. The first-order chi connectivity index (χ1) is 10.6. The lowest BCUT2D eigenvalue weighted by Gasteiger charge is -2.62. The molecule has 1 aromatic carbocycles. The van der Waals surface area contributed by atoms with Crippen molar-refractivity contribution in [1.29, 1.82) is 5.26 Å². The number of hydrogen-bond donors (Lipinski definition) is 0. The van der Waals surface area contributed by atoms with Crippen molar-refractivity contribution >= 4 is 0 Å². The lowest BCUT2D eigenvalue weighted by atomic mass is 9.42. The molecule has 2 unspecified atom stereocenters. The third-order valence-corrected chi connectivity index (χ3v) is 6.88. The summed E-state index contributed by atoms with van der Waals surface area (Å²) in [6.45, 7) is 4.46. The maximum atomic E-state index is 8.74. The molecular weight excluding hydrogens is 270 g/mol. The van der Waals surface area contributed by atoms with Crippen LogP contribution in [0, 0.1) is 35.7 Å². The maximum Gasteiger partial charge on any atom is 0.292 e. The van der Waals surface area contributed by atoms with Gasteiger partial charge in [0, 0.05) is 0 Å². The number of aryl methyl sites for hydroxylation is 1. The van der Waals surface area contributed by atoms with Crippen molar-refractivity contribution in [2.75, 3.05) is 0 Å². The Bertz CT molecular complexity index is 628. The minimum Gasteiger partial charge on any atom is -0.388 e. The number of rotatable bonds is 3. The van der Waals surface area contributed by atoms with Gasteiger partial charge < -0.3 is 4.74 Å². The van der Waals surface area contributed by atoms with Crippen LogP contribution in [0.1, 0.15) is 63.0 Å². The molecule has 4 fully saturated rings. The summed E-state index contributed by atoms with van der Waals surface area (Å²) in [6, 6.07) is 6.53. The Morgan fingerprint density at radius 2 is 1.95 bits per heavy atom. The van der Waals surface area contributed by atoms with Gasteiger partial charge in [-0.3, -0.25) is 0 Å². The van der Waals surface area contributed by atoms with Gasteiger partial charge in [-0.2, -0.15) is 0 Å². The van der Waals surface area contributed by atoms with Gasteiger partial charge in [0.1, 0.15) is 5.75 Å². The van der Waals surface area contributed by atoms with E-state index in [-0.39, 0.29) is 0 Å². The zero-order chi connectivity index (χ0) is 15.4. The van der Waals surface area contributed by atoms with Gasteiger partial charge in [-0.1, -0.05) is 25.5 Å². The first-order valence-corrected chi connectivity index (χ1v) is 8.75. The Morgan fingerprint density at radius 1 is 1.23 bits per heavy atom. The fourth-order valence-electron chi connectivity index (χ4n) is 6.35. The molecule has 2 nitrogen and oxygen atoms in total. The Morgan fingerprint density at radius 3 is 2.55 bits per heavy atom. The van der Waals surface area contributed by atoms with Gasteiger partial charge in [0.05, 0.1) is 0 Å². The summed E-state index contributed by atoms with van der Waals surface area (Å²) in [4.78, 5) is 0. The van der Waals surface area contributed by atoms with E-state index < -0.39 is 0 Å². The summed E-state index contributed by atoms with van der Waals surface area (Å²) in [5, 5.41) is 8.74. The molecule has 2 atom stereocenters. The molecule has 0 heterocycles. The highest BCUT2D eigenvalue weighted by molar-refractivity contribution is 5.41. The Hall–Kier alpha value is -1.49. The average molecular weight is 295 g/mol. The monoisotopic (exact) mass is 295 g/mol. The molecule has 0 saturated heterocycles. The van der Waals surface area contributed by atoms with Gasteiger partial charge in [0.15, 0.2) is 0 Å². The molecule has 22 heavy (non-hydrogen) atoms. The van der Waals surface area contributed by atoms with Crippen LogP contribution in [0.2, 0.25) is 0 Å². The standard InChI is InChI=1S/C20H25NO/c1-3-19-8-15-7-16(9-19)11-20(10-15,12-19)17-4-5-18(22-13-21)14(2)6-17/h4-6,15-16H,3,7-12H2,1-2H3. The van der Waals surface area contributed by atoms with Gasteiger partial charge in [-0.25, -0.2) is 0 Å². The van der Waals surface area contributed by atoms with E-state index in [0.717, 1.165) is 17.4 Å². The molecule has 0 radical (unpaired) electrons. The molecule has 4 saturated carbocycles. The van der Waals surface area contributed by atoms with Crippen molar-refractivity contribution < 1.29 is 4.74 Å². The third kappa shape index (κ3) is 1.98. The predicted octanol–water partition coefficient (Wildman–Crippen LogP) is 5.10. The minimum atomic E-state index is 0.399. The van der Waals surface area contributed by atoms with E-state index >= 15 is 0 Å². The van der Waals surface area contributed by atoms with Crippen LogP contribution in [0.25, 0.3) is 0 Å². The van der Waals surface area contributed by atoms with E-state index in [1.807, 2.05) is 6.07 Å². The second-order valence-electron chi connectivity index (χ2n) is 8.27. The van der Waals surface area contributed by atoms with Crippen LogP contribution in [-0.4, -0.2) is 0 Å². The molecule has 0 N–H and O–H groups in total. The highest BCUT2D eigenvalue weighted by atomic mass is 16.5. The zero-order valence-electron chi connectivity index (χ0n) is 13.7. The number of benzene rings is 1. The largest absolute Gasteiger partial charge is 0.388 e. The molecule has 4 aliphatic carbocycles. The zero-order valence-corrected chi connectivity index (χ0v) is 13.7. The second-order valence-corrected chi connectivity index (χ2v) is 8.27. The van der Waals surface area contributed by atoms with E-state index in [4.69, 9.17) is 10.00 Å². The third-order valence-electron chi connectivity index (χ3n) is 6.88. The van der Waals surface area contributed by atoms with Crippen molar-refractivity contribution in [2.24, 2.45) is 17.3 Å². The molecule has 5 rings (SSSR count). The predicted molar refractivity (Wildman–Crippen MR) is 86.5 cm³/mol. The van der Waals surface area contributed by atoms with Crippen molar-refractivity contribution in [2.45, 2.75) is 64.2 Å². The number of ether oxygens (including phenoxy) is 1. The van der Waals surface area contributed by atoms with Crippen LogP contribution in [0.4, 0.5) is 0 Å². The topological polar surface area (TPSA) is 33.0 Å². The lowest BCUT2D eigenvalue weighted by Crippen LogP contribution is -2.53. The van der Waals surface area contributed by atoms with Crippen LogP contribution in [0.3, 0.4) is 0 Å².